The number of imidazole rings is 1. The molecule has 2 unspecified atom stereocenters. The molecule has 1 N–H and O–H groups in total. The van der Waals surface area contributed by atoms with Crippen LogP contribution in [0.5, 0.6) is 0 Å². The largest absolute Gasteiger partial charge is 0.480 e. The van der Waals surface area contributed by atoms with Crippen LogP contribution in [0.25, 0.3) is 11.0 Å². The van der Waals surface area contributed by atoms with Crippen LogP contribution in [0.3, 0.4) is 0 Å². The van der Waals surface area contributed by atoms with Gasteiger partial charge in [-0.3, -0.25) is 4.79 Å². The molecule has 2 atom stereocenters. The third-order valence-corrected chi connectivity index (χ3v) is 3.69. The smallest absolute Gasteiger partial charge is 0.323 e. The average Bonchev–Trinajstić information content (AvgIpc) is 2.93. The van der Waals surface area contributed by atoms with Gasteiger partial charge < -0.3 is 14.4 Å². The Hall–Kier alpha value is -1.88. The molecule has 1 aromatic carbocycles. The Morgan fingerprint density at radius 2 is 2.32 bits per heavy atom. The monoisotopic (exact) mass is 260 g/mol. The highest BCUT2D eigenvalue weighted by Crippen LogP contribution is 2.32. The van der Waals surface area contributed by atoms with Crippen molar-refractivity contribution in [2.24, 2.45) is 0 Å². The second-order valence-electron chi connectivity index (χ2n) is 4.91. The third kappa shape index (κ3) is 2.10. The van der Waals surface area contributed by atoms with Gasteiger partial charge >= 0.3 is 5.97 Å². The van der Waals surface area contributed by atoms with Crippen molar-refractivity contribution in [1.82, 2.24) is 9.55 Å². The van der Waals surface area contributed by atoms with Crippen molar-refractivity contribution in [2.75, 3.05) is 6.61 Å². The fourth-order valence-electron chi connectivity index (χ4n) is 2.75. The van der Waals surface area contributed by atoms with Crippen molar-refractivity contribution in [3.63, 3.8) is 0 Å². The zero-order chi connectivity index (χ0) is 13.4. The fourth-order valence-corrected chi connectivity index (χ4v) is 2.75. The third-order valence-electron chi connectivity index (χ3n) is 3.69. The zero-order valence-electron chi connectivity index (χ0n) is 10.7. The number of carboxylic acid groups (broad SMARTS) is 1. The number of hydrogen-bond donors (Lipinski definition) is 1. The number of carboxylic acids is 1. The van der Waals surface area contributed by atoms with E-state index in [-0.39, 0.29) is 18.6 Å². The molecule has 19 heavy (non-hydrogen) atoms. The van der Waals surface area contributed by atoms with E-state index in [1.54, 1.807) is 4.57 Å². The fraction of sp³-hybridized carbons (Fsp3) is 0.429. The van der Waals surface area contributed by atoms with E-state index in [9.17, 15) is 4.79 Å². The van der Waals surface area contributed by atoms with Crippen molar-refractivity contribution >= 4 is 17.0 Å². The van der Waals surface area contributed by atoms with Crippen molar-refractivity contribution < 1.29 is 14.6 Å². The van der Waals surface area contributed by atoms with Crippen LogP contribution >= 0.6 is 0 Å². The molecular formula is C14H16N2O3. The van der Waals surface area contributed by atoms with Gasteiger partial charge in [-0.25, -0.2) is 4.98 Å². The highest BCUT2D eigenvalue weighted by molar-refractivity contribution is 5.78. The summed E-state index contributed by atoms with van der Waals surface area (Å²) in [5, 5.41) is 9.10. The molecule has 2 aromatic rings. The Kier molecular flexibility index (Phi) is 2.98. The number of aromatic nitrogens is 2. The maximum atomic E-state index is 11.1. The molecule has 3 rings (SSSR count). The Morgan fingerprint density at radius 3 is 3.00 bits per heavy atom. The first-order valence-electron chi connectivity index (χ1n) is 6.45. The standard InChI is InChI=1S/C14H16N2O3/c1-9-10(6-7-19-9)14-15-11-4-2-3-5-12(11)16(14)8-13(17)18/h2-5,9-10H,6-8H2,1H3,(H,17,18). The van der Waals surface area contributed by atoms with E-state index in [1.807, 2.05) is 31.2 Å². The highest BCUT2D eigenvalue weighted by Gasteiger charge is 2.30. The first-order chi connectivity index (χ1) is 9.16. The van der Waals surface area contributed by atoms with Crippen LogP contribution in [0, 0.1) is 0 Å². The molecule has 0 radical (unpaired) electrons. The van der Waals surface area contributed by atoms with Gasteiger partial charge in [0.25, 0.3) is 0 Å². The quantitative estimate of drug-likeness (QED) is 0.917. The van der Waals surface area contributed by atoms with Gasteiger partial charge in [-0.05, 0) is 25.5 Å². The van der Waals surface area contributed by atoms with E-state index in [4.69, 9.17) is 9.84 Å². The van der Waals surface area contributed by atoms with Crippen LogP contribution in [0.4, 0.5) is 0 Å². The minimum absolute atomic E-state index is 0.0565. The molecule has 1 saturated heterocycles. The van der Waals surface area contributed by atoms with Crippen LogP contribution in [-0.2, 0) is 16.1 Å². The predicted molar refractivity (Wildman–Crippen MR) is 70.1 cm³/mol. The van der Waals surface area contributed by atoms with Gasteiger partial charge in [-0.1, -0.05) is 12.1 Å². The number of ether oxygens (including phenoxy) is 1. The summed E-state index contributed by atoms with van der Waals surface area (Å²) in [5.41, 5.74) is 1.72. The van der Waals surface area contributed by atoms with Gasteiger partial charge in [-0.15, -0.1) is 0 Å². The van der Waals surface area contributed by atoms with E-state index in [2.05, 4.69) is 4.98 Å². The summed E-state index contributed by atoms with van der Waals surface area (Å²) >= 11 is 0. The van der Waals surface area contributed by atoms with Crippen LogP contribution in [0.2, 0.25) is 0 Å². The number of hydrogen-bond acceptors (Lipinski definition) is 3. The Balaban J connectivity index is 2.13. The summed E-state index contributed by atoms with van der Waals surface area (Å²) in [6.45, 7) is 2.67. The molecule has 100 valence electrons. The van der Waals surface area contributed by atoms with Crippen molar-refractivity contribution in [3.8, 4) is 0 Å². The van der Waals surface area contributed by atoms with Crippen molar-refractivity contribution in [2.45, 2.75) is 31.9 Å². The SMILES string of the molecule is CC1OCCC1c1nc2ccccc2n1CC(=O)O. The second-order valence-corrected chi connectivity index (χ2v) is 4.91. The molecular weight excluding hydrogens is 244 g/mol. The average molecular weight is 260 g/mol. The molecule has 1 aliphatic heterocycles. The molecule has 1 aliphatic rings. The molecule has 5 heteroatoms. The lowest BCUT2D eigenvalue weighted by molar-refractivity contribution is -0.137. The highest BCUT2D eigenvalue weighted by atomic mass is 16.5. The second kappa shape index (κ2) is 4.66. The first-order valence-corrected chi connectivity index (χ1v) is 6.45. The van der Waals surface area contributed by atoms with Crippen LogP contribution in [0.1, 0.15) is 25.1 Å². The maximum Gasteiger partial charge on any atom is 0.323 e. The minimum atomic E-state index is -0.851. The summed E-state index contributed by atoms with van der Waals surface area (Å²) < 4.78 is 7.37. The lowest BCUT2D eigenvalue weighted by Crippen LogP contribution is -2.18. The molecule has 0 amide bonds. The lowest BCUT2D eigenvalue weighted by Gasteiger charge is -2.15. The lowest BCUT2D eigenvalue weighted by atomic mass is 10.0. The molecule has 0 saturated carbocycles. The minimum Gasteiger partial charge on any atom is -0.480 e. The van der Waals surface area contributed by atoms with Gasteiger partial charge in [0.05, 0.1) is 17.1 Å². The predicted octanol–water partition coefficient (Wildman–Crippen LogP) is 2.01. The first kappa shape index (κ1) is 12.2. The topological polar surface area (TPSA) is 64.4 Å². The Morgan fingerprint density at radius 1 is 1.53 bits per heavy atom. The van der Waals surface area contributed by atoms with Crippen molar-refractivity contribution in [1.29, 1.82) is 0 Å². The van der Waals surface area contributed by atoms with Crippen molar-refractivity contribution in [3.05, 3.63) is 30.1 Å². The summed E-state index contributed by atoms with van der Waals surface area (Å²) in [7, 11) is 0. The number of aliphatic carboxylic acids is 1. The van der Waals surface area contributed by atoms with Gasteiger partial charge in [-0.2, -0.15) is 0 Å². The molecule has 1 fully saturated rings. The Bertz CT molecular complexity index is 620. The molecule has 0 bridgehead atoms. The van der Waals surface area contributed by atoms with Gasteiger partial charge in [0, 0.05) is 12.5 Å². The van der Waals surface area contributed by atoms with E-state index >= 15 is 0 Å². The molecule has 2 heterocycles. The van der Waals surface area contributed by atoms with E-state index in [0.717, 1.165) is 23.3 Å². The van der Waals surface area contributed by atoms with Crippen LogP contribution in [0.15, 0.2) is 24.3 Å². The van der Waals surface area contributed by atoms with E-state index in [0.29, 0.717) is 6.61 Å². The van der Waals surface area contributed by atoms with Gasteiger partial charge in [0.2, 0.25) is 0 Å². The number of para-hydroxylation sites is 2. The number of rotatable bonds is 3. The molecule has 0 aliphatic carbocycles. The number of fused-ring (bicyclic) bond motifs is 1. The van der Waals surface area contributed by atoms with Crippen LogP contribution < -0.4 is 0 Å². The number of carbonyl (C=O) groups is 1. The summed E-state index contributed by atoms with van der Waals surface area (Å²) in [4.78, 5) is 15.7. The van der Waals surface area contributed by atoms with E-state index in [1.165, 1.54) is 0 Å². The maximum absolute atomic E-state index is 11.1. The summed E-state index contributed by atoms with van der Waals surface area (Å²) in [6, 6.07) is 7.65. The zero-order valence-corrected chi connectivity index (χ0v) is 10.7. The van der Waals surface area contributed by atoms with Crippen LogP contribution in [-0.4, -0.2) is 33.3 Å². The van der Waals surface area contributed by atoms with Gasteiger partial charge in [0.15, 0.2) is 0 Å². The molecule has 1 aromatic heterocycles. The molecule has 0 spiro atoms. The summed E-state index contributed by atoms with van der Waals surface area (Å²) in [5.74, 6) is 0.149. The number of benzene rings is 1. The van der Waals surface area contributed by atoms with E-state index < -0.39 is 5.97 Å². The van der Waals surface area contributed by atoms with Gasteiger partial charge in [0.1, 0.15) is 12.4 Å². The normalized spacial score (nSPS) is 23.0. The summed E-state index contributed by atoms with van der Waals surface area (Å²) in [6.07, 6.45) is 0.980. The number of nitrogens with zero attached hydrogens (tertiary/aromatic N) is 2. The Labute approximate surface area is 110 Å². The molecule has 5 nitrogen and oxygen atoms in total.